The quantitative estimate of drug-likeness (QED) is 0.475. The maximum atomic E-state index is 12.5. The number of nitro groups is 1. The Labute approximate surface area is 118 Å². The zero-order valence-electron chi connectivity index (χ0n) is 11.3. The van der Waals surface area contributed by atoms with Crippen LogP contribution >= 0.6 is 0 Å². The Bertz CT molecular complexity index is 546. The lowest BCUT2D eigenvalue weighted by atomic mass is 10.1. The lowest BCUT2D eigenvalue weighted by Crippen LogP contribution is -2.34. The zero-order chi connectivity index (χ0) is 16.2. The van der Waals surface area contributed by atoms with Gasteiger partial charge in [0.15, 0.2) is 0 Å². The van der Waals surface area contributed by atoms with Gasteiger partial charge >= 0.3 is 12.1 Å². The molecule has 0 heterocycles. The predicted molar refractivity (Wildman–Crippen MR) is 68.4 cm³/mol. The molecule has 0 saturated carbocycles. The highest BCUT2D eigenvalue weighted by Gasteiger charge is 2.33. The lowest BCUT2D eigenvalue weighted by Gasteiger charge is -2.24. The molecule has 0 bridgehead atoms. The van der Waals surface area contributed by atoms with Gasteiger partial charge in [-0.05, 0) is 19.1 Å². The Morgan fingerprint density at radius 3 is 2.48 bits per heavy atom. The number of methoxy groups -OCH3 is 1. The first-order chi connectivity index (χ1) is 9.69. The Hall–Kier alpha value is -2.32. The molecule has 0 atom stereocenters. The molecule has 0 aliphatic heterocycles. The smallest absolute Gasteiger partial charge is 0.405 e. The molecule has 0 aromatic heterocycles. The van der Waals surface area contributed by atoms with Crippen LogP contribution in [0.5, 0.6) is 0 Å². The van der Waals surface area contributed by atoms with Gasteiger partial charge in [0.05, 0.1) is 17.6 Å². The number of ether oxygens (including phenoxy) is 1. The molecule has 9 heteroatoms. The van der Waals surface area contributed by atoms with E-state index >= 15 is 0 Å². The molecule has 6 nitrogen and oxygen atoms in total. The number of carbonyl (C=O) groups excluding carboxylic acids is 1. The first-order valence-electron chi connectivity index (χ1n) is 5.88. The highest BCUT2D eigenvalue weighted by Crippen LogP contribution is 2.31. The summed E-state index contributed by atoms with van der Waals surface area (Å²) in [4.78, 5) is 22.3. The molecule has 1 rings (SSSR count). The molecule has 0 fully saturated rings. The van der Waals surface area contributed by atoms with E-state index in [0.29, 0.717) is 0 Å². The largest absolute Gasteiger partial charge is 0.465 e. The molecule has 0 aliphatic carbocycles. The van der Waals surface area contributed by atoms with Crippen LogP contribution in [0.1, 0.15) is 17.3 Å². The third kappa shape index (κ3) is 4.33. The standard InChI is InChI=1S/C12H13F3N2O4/c1-3-16(7-12(13,14)15)10-6-8(11(18)21-2)4-5-9(10)17(19)20/h4-6H,3,7H2,1-2H3. The molecule has 0 N–H and O–H groups in total. The Morgan fingerprint density at radius 2 is 2.05 bits per heavy atom. The summed E-state index contributed by atoms with van der Waals surface area (Å²) in [7, 11) is 1.11. The molecule has 0 radical (unpaired) electrons. The van der Waals surface area contributed by atoms with Gasteiger partial charge in [0.25, 0.3) is 5.69 Å². The van der Waals surface area contributed by atoms with Crippen LogP contribution in [-0.4, -0.2) is 37.3 Å². The summed E-state index contributed by atoms with van der Waals surface area (Å²) in [6.45, 7) is -0.0276. The zero-order valence-corrected chi connectivity index (χ0v) is 11.3. The van der Waals surface area contributed by atoms with Crippen LogP contribution in [0.4, 0.5) is 24.5 Å². The number of esters is 1. The summed E-state index contributed by atoms with van der Waals surface area (Å²) in [5.74, 6) is -0.783. The lowest BCUT2D eigenvalue weighted by molar-refractivity contribution is -0.384. The molecule has 0 amide bonds. The number of hydrogen-bond donors (Lipinski definition) is 0. The van der Waals surface area contributed by atoms with Crippen molar-refractivity contribution >= 4 is 17.3 Å². The first kappa shape index (κ1) is 16.7. The number of anilines is 1. The summed E-state index contributed by atoms with van der Waals surface area (Å²) >= 11 is 0. The van der Waals surface area contributed by atoms with E-state index in [-0.39, 0.29) is 17.8 Å². The van der Waals surface area contributed by atoms with Crippen molar-refractivity contribution in [3.63, 3.8) is 0 Å². The van der Waals surface area contributed by atoms with Crippen molar-refractivity contribution < 1.29 is 27.6 Å². The number of halogens is 3. The monoisotopic (exact) mass is 306 g/mol. The first-order valence-corrected chi connectivity index (χ1v) is 5.88. The van der Waals surface area contributed by atoms with E-state index in [0.717, 1.165) is 30.2 Å². The van der Waals surface area contributed by atoms with E-state index in [1.54, 1.807) is 0 Å². The normalized spacial score (nSPS) is 11.1. The maximum Gasteiger partial charge on any atom is 0.405 e. The summed E-state index contributed by atoms with van der Waals surface area (Å²) in [5.41, 5.74) is -0.838. The number of nitro benzene ring substituents is 1. The number of carbonyl (C=O) groups is 1. The van der Waals surface area contributed by atoms with Crippen LogP contribution in [0, 0.1) is 10.1 Å². The molecule has 0 spiro atoms. The maximum absolute atomic E-state index is 12.5. The van der Waals surface area contributed by atoms with Gasteiger partial charge in [-0.2, -0.15) is 13.2 Å². The number of benzene rings is 1. The highest BCUT2D eigenvalue weighted by molar-refractivity contribution is 5.91. The fraction of sp³-hybridized carbons (Fsp3) is 0.417. The van der Waals surface area contributed by atoms with Crippen LogP contribution in [0.2, 0.25) is 0 Å². The Morgan fingerprint density at radius 1 is 1.43 bits per heavy atom. The number of alkyl halides is 3. The van der Waals surface area contributed by atoms with Crippen molar-refractivity contribution in [2.75, 3.05) is 25.1 Å². The fourth-order valence-corrected chi connectivity index (χ4v) is 1.76. The molecule has 0 aliphatic rings. The molecular formula is C12H13F3N2O4. The van der Waals surface area contributed by atoms with E-state index in [1.165, 1.54) is 6.92 Å². The van der Waals surface area contributed by atoms with E-state index < -0.39 is 29.3 Å². The van der Waals surface area contributed by atoms with Gasteiger partial charge in [-0.3, -0.25) is 10.1 Å². The number of hydrogen-bond acceptors (Lipinski definition) is 5. The molecule has 1 aromatic rings. The van der Waals surface area contributed by atoms with Crippen molar-refractivity contribution in [1.82, 2.24) is 0 Å². The molecule has 21 heavy (non-hydrogen) atoms. The van der Waals surface area contributed by atoms with Gasteiger partial charge in [-0.1, -0.05) is 0 Å². The summed E-state index contributed by atoms with van der Waals surface area (Å²) in [6, 6.07) is 3.15. The van der Waals surface area contributed by atoms with Crippen LogP contribution in [0.15, 0.2) is 18.2 Å². The van der Waals surface area contributed by atoms with Gasteiger partial charge < -0.3 is 9.64 Å². The van der Waals surface area contributed by atoms with Crippen LogP contribution in [0.25, 0.3) is 0 Å². The van der Waals surface area contributed by atoms with Crippen molar-refractivity contribution in [2.24, 2.45) is 0 Å². The van der Waals surface area contributed by atoms with Gasteiger partial charge in [0, 0.05) is 12.6 Å². The van der Waals surface area contributed by atoms with E-state index in [1.807, 2.05) is 0 Å². The number of nitrogens with zero attached hydrogens (tertiary/aromatic N) is 2. The van der Waals surface area contributed by atoms with Gasteiger partial charge in [0.1, 0.15) is 12.2 Å². The Kier molecular flexibility index (Phi) is 5.12. The second kappa shape index (κ2) is 6.42. The van der Waals surface area contributed by atoms with Gasteiger partial charge in [-0.25, -0.2) is 4.79 Å². The van der Waals surface area contributed by atoms with Crippen LogP contribution < -0.4 is 4.90 Å². The van der Waals surface area contributed by atoms with Crippen molar-refractivity contribution in [3.8, 4) is 0 Å². The highest BCUT2D eigenvalue weighted by atomic mass is 19.4. The summed E-state index contributed by atoms with van der Waals surface area (Å²) in [6.07, 6.45) is -4.52. The van der Waals surface area contributed by atoms with E-state index in [2.05, 4.69) is 4.74 Å². The SMILES string of the molecule is CCN(CC(F)(F)F)c1cc(C(=O)OC)ccc1[N+](=O)[O-]. The minimum atomic E-state index is -4.52. The van der Waals surface area contributed by atoms with Crippen molar-refractivity contribution in [2.45, 2.75) is 13.1 Å². The summed E-state index contributed by atoms with van der Waals surface area (Å²) in [5, 5.41) is 10.9. The van der Waals surface area contributed by atoms with Crippen molar-refractivity contribution in [3.05, 3.63) is 33.9 Å². The fourth-order valence-electron chi connectivity index (χ4n) is 1.76. The third-order valence-corrected chi connectivity index (χ3v) is 2.69. The van der Waals surface area contributed by atoms with Gasteiger partial charge in [0.2, 0.25) is 0 Å². The van der Waals surface area contributed by atoms with Crippen molar-refractivity contribution in [1.29, 1.82) is 0 Å². The average molecular weight is 306 g/mol. The Balaban J connectivity index is 3.33. The minimum absolute atomic E-state index is 0.0567. The molecule has 0 saturated heterocycles. The molecule has 0 unspecified atom stereocenters. The summed E-state index contributed by atoms with van der Waals surface area (Å²) < 4.78 is 42.1. The second-order valence-electron chi connectivity index (χ2n) is 4.08. The predicted octanol–water partition coefficient (Wildman–Crippen LogP) is 2.77. The number of rotatable bonds is 5. The molecule has 116 valence electrons. The van der Waals surface area contributed by atoms with Crippen LogP contribution in [0.3, 0.4) is 0 Å². The molecular weight excluding hydrogens is 293 g/mol. The van der Waals surface area contributed by atoms with E-state index in [9.17, 15) is 28.1 Å². The van der Waals surface area contributed by atoms with E-state index in [4.69, 9.17) is 0 Å². The second-order valence-corrected chi connectivity index (χ2v) is 4.08. The van der Waals surface area contributed by atoms with Gasteiger partial charge in [-0.15, -0.1) is 0 Å². The molecule has 1 aromatic carbocycles. The minimum Gasteiger partial charge on any atom is -0.465 e. The third-order valence-electron chi connectivity index (χ3n) is 2.69. The van der Waals surface area contributed by atoms with Crippen LogP contribution in [-0.2, 0) is 4.74 Å². The average Bonchev–Trinajstić information content (AvgIpc) is 2.42. The topological polar surface area (TPSA) is 72.7 Å².